The molecule has 0 aliphatic carbocycles. The maximum absolute atomic E-state index is 11.2. The molecule has 0 heterocycles. The topological polar surface area (TPSA) is 66.8 Å². The standard InChI is InChI=1S/C14H20O4S/c1-18-13(16)7-6-10-4-2-3-5-11(10)14(17)12(15)8-9-19/h2-5,12,14-15,17,19H,6-9H2,1H3. The fourth-order valence-corrected chi connectivity index (χ4v) is 2.15. The van der Waals surface area contributed by atoms with E-state index in [1.54, 1.807) is 12.1 Å². The second kappa shape index (κ2) is 8.19. The number of methoxy groups -OCH3 is 1. The van der Waals surface area contributed by atoms with Gasteiger partial charge in [0.05, 0.1) is 13.2 Å². The second-order valence-electron chi connectivity index (χ2n) is 4.30. The summed E-state index contributed by atoms with van der Waals surface area (Å²) in [6, 6.07) is 7.25. The van der Waals surface area contributed by atoms with E-state index in [-0.39, 0.29) is 12.4 Å². The van der Waals surface area contributed by atoms with E-state index in [1.165, 1.54) is 7.11 Å². The van der Waals surface area contributed by atoms with Crippen LogP contribution in [0.1, 0.15) is 30.1 Å². The number of aliphatic hydroxyl groups excluding tert-OH is 2. The zero-order chi connectivity index (χ0) is 14.3. The van der Waals surface area contributed by atoms with Crippen LogP contribution < -0.4 is 0 Å². The molecule has 0 aliphatic rings. The van der Waals surface area contributed by atoms with Crippen molar-refractivity contribution >= 4 is 18.6 Å². The molecule has 0 spiro atoms. The quantitative estimate of drug-likeness (QED) is 0.524. The summed E-state index contributed by atoms with van der Waals surface area (Å²) in [5, 5.41) is 20.0. The van der Waals surface area contributed by atoms with Crippen molar-refractivity contribution in [3.8, 4) is 0 Å². The number of aliphatic hydroxyl groups is 2. The molecule has 2 unspecified atom stereocenters. The number of hydrogen-bond donors (Lipinski definition) is 3. The van der Waals surface area contributed by atoms with Crippen molar-refractivity contribution in [3.05, 3.63) is 35.4 Å². The molecule has 1 rings (SSSR count). The van der Waals surface area contributed by atoms with Crippen LogP contribution in [0.5, 0.6) is 0 Å². The Labute approximate surface area is 118 Å². The Balaban J connectivity index is 2.80. The Hall–Kier alpha value is -1.04. The zero-order valence-electron chi connectivity index (χ0n) is 11.0. The summed E-state index contributed by atoms with van der Waals surface area (Å²) in [4.78, 5) is 11.2. The highest BCUT2D eigenvalue weighted by molar-refractivity contribution is 7.80. The van der Waals surface area contributed by atoms with Crippen molar-refractivity contribution in [2.45, 2.75) is 31.5 Å². The normalized spacial score (nSPS) is 13.9. The highest BCUT2D eigenvalue weighted by Gasteiger charge is 2.20. The van der Waals surface area contributed by atoms with Gasteiger partial charge in [-0.3, -0.25) is 4.79 Å². The van der Waals surface area contributed by atoms with Crippen LogP contribution in [0.15, 0.2) is 24.3 Å². The number of benzene rings is 1. The fraction of sp³-hybridized carbons (Fsp3) is 0.500. The SMILES string of the molecule is COC(=O)CCc1ccccc1C(O)C(O)CCS. The molecule has 19 heavy (non-hydrogen) atoms. The molecule has 0 bridgehead atoms. The maximum Gasteiger partial charge on any atom is 0.305 e. The third-order valence-corrected chi connectivity index (χ3v) is 3.25. The predicted molar refractivity (Wildman–Crippen MR) is 76.2 cm³/mol. The number of carbonyl (C=O) groups excluding carboxylic acids is 1. The van der Waals surface area contributed by atoms with E-state index in [0.29, 0.717) is 24.2 Å². The third-order valence-electron chi connectivity index (χ3n) is 2.99. The van der Waals surface area contributed by atoms with Crippen LogP contribution >= 0.6 is 12.6 Å². The van der Waals surface area contributed by atoms with Gasteiger partial charge >= 0.3 is 5.97 Å². The van der Waals surface area contributed by atoms with Crippen molar-refractivity contribution in [1.82, 2.24) is 0 Å². The number of thiol groups is 1. The van der Waals surface area contributed by atoms with Gasteiger partial charge in [0.1, 0.15) is 6.10 Å². The molecule has 1 aromatic carbocycles. The number of ether oxygens (including phenoxy) is 1. The van der Waals surface area contributed by atoms with Crippen LogP contribution in [0, 0.1) is 0 Å². The maximum atomic E-state index is 11.2. The lowest BCUT2D eigenvalue weighted by Gasteiger charge is -2.20. The van der Waals surface area contributed by atoms with Crippen LogP contribution in [0.25, 0.3) is 0 Å². The lowest BCUT2D eigenvalue weighted by Crippen LogP contribution is -2.20. The van der Waals surface area contributed by atoms with Gasteiger partial charge in [-0.1, -0.05) is 24.3 Å². The van der Waals surface area contributed by atoms with E-state index >= 15 is 0 Å². The Morgan fingerprint density at radius 2 is 2.05 bits per heavy atom. The summed E-state index contributed by atoms with van der Waals surface area (Å²) in [6.45, 7) is 0. The molecule has 5 heteroatoms. The van der Waals surface area contributed by atoms with E-state index < -0.39 is 12.2 Å². The molecule has 0 fully saturated rings. The summed E-state index contributed by atoms with van der Waals surface area (Å²) >= 11 is 4.04. The van der Waals surface area contributed by atoms with Gasteiger partial charge < -0.3 is 14.9 Å². The molecule has 2 N–H and O–H groups in total. The minimum Gasteiger partial charge on any atom is -0.469 e. The number of carbonyl (C=O) groups is 1. The van der Waals surface area contributed by atoms with Crippen molar-refractivity contribution in [3.63, 3.8) is 0 Å². The molecule has 0 saturated carbocycles. The first kappa shape index (κ1) is 16.0. The molecule has 0 aliphatic heterocycles. The molecule has 0 saturated heterocycles. The van der Waals surface area contributed by atoms with Crippen molar-refractivity contribution < 1.29 is 19.7 Å². The van der Waals surface area contributed by atoms with Crippen LogP contribution in [0.3, 0.4) is 0 Å². The van der Waals surface area contributed by atoms with Gasteiger partial charge in [0.25, 0.3) is 0 Å². The van der Waals surface area contributed by atoms with E-state index in [4.69, 9.17) is 0 Å². The number of rotatable bonds is 7. The number of esters is 1. The van der Waals surface area contributed by atoms with E-state index in [0.717, 1.165) is 5.56 Å². The average Bonchev–Trinajstić information content (AvgIpc) is 2.44. The molecule has 0 aromatic heterocycles. The van der Waals surface area contributed by atoms with Gasteiger partial charge in [0, 0.05) is 6.42 Å². The summed E-state index contributed by atoms with van der Waals surface area (Å²) < 4.78 is 4.60. The fourth-order valence-electron chi connectivity index (χ4n) is 1.89. The first-order chi connectivity index (χ1) is 9.10. The first-order valence-electron chi connectivity index (χ1n) is 6.21. The molecule has 106 valence electrons. The molecule has 4 nitrogen and oxygen atoms in total. The van der Waals surface area contributed by atoms with Gasteiger partial charge in [0.2, 0.25) is 0 Å². The van der Waals surface area contributed by atoms with Gasteiger partial charge in [-0.2, -0.15) is 12.6 Å². The third kappa shape index (κ3) is 4.86. The largest absolute Gasteiger partial charge is 0.469 e. The summed E-state index contributed by atoms with van der Waals surface area (Å²) in [5.74, 6) is 0.211. The minimum absolute atomic E-state index is 0.253. The van der Waals surface area contributed by atoms with Gasteiger partial charge in [-0.25, -0.2) is 0 Å². The summed E-state index contributed by atoms with van der Waals surface area (Å²) in [6.07, 6.45) is -0.663. The van der Waals surface area contributed by atoms with Crippen LogP contribution in [0.2, 0.25) is 0 Å². The van der Waals surface area contributed by atoms with Crippen LogP contribution in [0.4, 0.5) is 0 Å². The Morgan fingerprint density at radius 3 is 2.68 bits per heavy atom. The average molecular weight is 284 g/mol. The van der Waals surface area contributed by atoms with E-state index in [2.05, 4.69) is 17.4 Å². The lowest BCUT2D eigenvalue weighted by atomic mass is 9.95. The second-order valence-corrected chi connectivity index (χ2v) is 4.75. The number of hydrogen-bond acceptors (Lipinski definition) is 5. The highest BCUT2D eigenvalue weighted by Crippen LogP contribution is 2.24. The zero-order valence-corrected chi connectivity index (χ0v) is 11.8. The lowest BCUT2D eigenvalue weighted by molar-refractivity contribution is -0.140. The molecule has 2 atom stereocenters. The summed E-state index contributed by atoms with van der Waals surface area (Å²) in [5.41, 5.74) is 1.50. The first-order valence-corrected chi connectivity index (χ1v) is 6.85. The van der Waals surface area contributed by atoms with Gasteiger partial charge in [-0.15, -0.1) is 0 Å². The molecular formula is C14H20O4S. The van der Waals surface area contributed by atoms with Crippen LogP contribution in [-0.4, -0.2) is 35.1 Å². The highest BCUT2D eigenvalue weighted by atomic mass is 32.1. The monoisotopic (exact) mass is 284 g/mol. The molecular weight excluding hydrogens is 264 g/mol. The minimum atomic E-state index is -0.957. The van der Waals surface area contributed by atoms with Crippen molar-refractivity contribution in [2.75, 3.05) is 12.9 Å². The van der Waals surface area contributed by atoms with Crippen molar-refractivity contribution in [1.29, 1.82) is 0 Å². The van der Waals surface area contributed by atoms with Gasteiger partial charge in [0.15, 0.2) is 0 Å². The summed E-state index contributed by atoms with van der Waals surface area (Å²) in [7, 11) is 1.35. The predicted octanol–water partition coefficient (Wildman–Crippen LogP) is 1.51. The Kier molecular flexibility index (Phi) is 6.91. The van der Waals surface area contributed by atoms with E-state index in [1.807, 2.05) is 12.1 Å². The van der Waals surface area contributed by atoms with E-state index in [9.17, 15) is 15.0 Å². The van der Waals surface area contributed by atoms with Crippen molar-refractivity contribution in [2.24, 2.45) is 0 Å². The Morgan fingerprint density at radius 1 is 1.37 bits per heavy atom. The smallest absolute Gasteiger partial charge is 0.305 e. The number of aryl methyl sites for hydroxylation is 1. The molecule has 0 radical (unpaired) electrons. The van der Waals surface area contributed by atoms with Gasteiger partial charge in [-0.05, 0) is 29.7 Å². The Bertz CT molecular complexity index is 408. The molecule has 0 amide bonds. The molecule has 1 aromatic rings. The van der Waals surface area contributed by atoms with Crippen LogP contribution in [-0.2, 0) is 16.0 Å².